The summed E-state index contributed by atoms with van der Waals surface area (Å²) in [4.78, 5) is 36.9. The van der Waals surface area contributed by atoms with Crippen LogP contribution in [0, 0.1) is 10.1 Å². The van der Waals surface area contributed by atoms with Gasteiger partial charge in [0.15, 0.2) is 0 Å². The lowest BCUT2D eigenvalue weighted by molar-refractivity contribution is -0.384. The molecule has 0 amide bonds. The number of hydrogen-bond acceptors (Lipinski definition) is 8. The summed E-state index contributed by atoms with van der Waals surface area (Å²) in [5.41, 5.74) is -0.142. The number of non-ortho nitro benzene ring substituents is 1. The largest absolute Gasteiger partial charge is 0.514 e. The highest BCUT2D eigenvalue weighted by Crippen LogP contribution is 2.33. The number of fused-ring (bicyclic) bond motifs is 1. The first-order chi connectivity index (χ1) is 15.1. The number of carbonyl (C=O) groups excluding carboxylic acids is 1. The van der Waals surface area contributed by atoms with E-state index < -0.39 is 22.3 Å². The van der Waals surface area contributed by atoms with Gasteiger partial charge in [0.2, 0.25) is 0 Å². The topological polar surface area (TPSA) is 112 Å². The van der Waals surface area contributed by atoms with Gasteiger partial charge in [0.25, 0.3) is 5.69 Å². The molecule has 0 saturated carbocycles. The van der Waals surface area contributed by atoms with Crippen molar-refractivity contribution in [3.63, 3.8) is 0 Å². The fraction of sp³-hybridized carbons (Fsp3) is 0.304. The minimum atomic E-state index is -1.22. The zero-order chi connectivity index (χ0) is 23.5. The van der Waals surface area contributed by atoms with Crippen LogP contribution >= 0.6 is 0 Å². The van der Waals surface area contributed by atoms with Crippen molar-refractivity contribution >= 4 is 28.5 Å². The van der Waals surface area contributed by atoms with E-state index in [1.807, 2.05) is 26.0 Å². The highest BCUT2D eigenvalue weighted by atomic mass is 16.7. The number of rotatable bonds is 7. The van der Waals surface area contributed by atoms with Crippen molar-refractivity contribution in [3.05, 3.63) is 74.6 Å². The maximum atomic E-state index is 12.4. The van der Waals surface area contributed by atoms with E-state index in [2.05, 4.69) is 4.90 Å². The summed E-state index contributed by atoms with van der Waals surface area (Å²) < 4.78 is 16.0. The molecule has 2 aromatic carbocycles. The second kappa shape index (κ2) is 9.09. The summed E-state index contributed by atoms with van der Waals surface area (Å²) in [5.74, 6) is 0.0951. The van der Waals surface area contributed by atoms with Gasteiger partial charge in [-0.15, -0.1) is 0 Å². The summed E-state index contributed by atoms with van der Waals surface area (Å²) >= 11 is 0. The second-order valence-electron chi connectivity index (χ2n) is 7.55. The lowest BCUT2D eigenvalue weighted by atomic mass is 9.95. The van der Waals surface area contributed by atoms with Crippen LogP contribution in [0.3, 0.4) is 0 Å². The van der Waals surface area contributed by atoms with Crippen LogP contribution < -0.4 is 15.3 Å². The predicted molar refractivity (Wildman–Crippen MR) is 119 cm³/mol. The molecule has 0 aliphatic heterocycles. The average molecular weight is 440 g/mol. The van der Waals surface area contributed by atoms with Gasteiger partial charge in [-0.3, -0.25) is 10.1 Å². The van der Waals surface area contributed by atoms with Crippen LogP contribution in [0.5, 0.6) is 5.75 Å². The van der Waals surface area contributed by atoms with Crippen LogP contribution in [-0.2, 0) is 10.3 Å². The van der Waals surface area contributed by atoms with E-state index in [-0.39, 0.29) is 11.4 Å². The third kappa shape index (κ3) is 4.88. The summed E-state index contributed by atoms with van der Waals surface area (Å²) in [6, 6.07) is 11.9. The molecule has 0 saturated heterocycles. The lowest BCUT2D eigenvalue weighted by Gasteiger charge is -2.26. The number of ether oxygens (including phenoxy) is 2. The Morgan fingerprint density at radius 2 is 1.75 bits per heavy atom. The van der Waals surface area contributed by atoms with Crippen LogP contribution in [0.15, 0.2) is 57.7 Å². The maximum Gasteiger partial charge on any atom is 0.514 e. The molecule has 0 atom stereocenters. The molecule has 0 bridgehead atoms. The fourth-order valence-electron chi connectivity index (χ4n) is 3.45. The van der Waals surface area contributed by atoms with Gasteiger partial charge >= 0.3 is 11.8 Å². The lowest BCUT2D eigenvalue weighted by Crippen LogP contribution is -2.29. The standard InChI is InChI=1S/C23H24N2O7/c1-5-24(6-2)16-9-12-18-19(14-21(26)31-20(18)13-16)23(3,4)32-22(27)30-17-10-7-15(8-11-17)25(28)29/h7-14H,5-6H2,1-4H3. The quantitative estimate of drug-likeness (QED) is 0.166. The Morgan fingerprint density at radius 3 is 2.34 bits per heavy atom. The molecule has 0 fully saturated rings. The zero-order valence-electron chi connectivity index (χ0n) is 18.3. The van der Waals surface area contributed by atoms with Crippen molar-refractivity contribution in [2.75, 3.05) is 18.0 Å². The van der Waals surface area contributed by atoms with Crippen molar-refractivity contribution in [2.24, 2.45) is 0 Å². The Hall–Kier alpha value is -3.88. The number of nitro groups is 1. The minimum absolute atomic E-state index is 0.0951. The van der Waals surface area contributed by atoms with Crippen LogP contribution in [0.2, 0.25) is 0 Å². The Balaban J connectivity index is 1.88. The molecule has 168 valence electrons. The van der Waals surface area contributed by atoms with Crippen molar-refractivity contribution in [2.45, 2.75) is 33.3 Å². The summed E-state index contributed by atoms with van der Waals surface area (Å²) in [6.45, 7) is 8.94. The molecular formula is C23H24N2O7. The first kappa shape index (κ1) is 22.8. The molecule has 1 aromatic heterocycles. The van der Waals surface area contributed by atoms with E-state index in [1.54, 1.807) is 19.9 Å². The molecule has 9 nitrogen and oxygen atoms in total. The average Bonchev–Trinajstić information content (AvgIpc) is 2.73. The molecule has 32 heavy (non-hydrogen) atoms. The molecule has 0 aliphatic carbocycles. The van der Waals surface area contributed by atoms with Gasteiger partial charge in [0.1, 0.15) is 16.9 Å². The Kier molecular flexibility index (Phi) is 6.47. The highest BCUT2D eigenvalue weighted by Gasteiger charge is 2.30. The highest BCUT2D eigenvalue weighted by molar-refractivity contribution is 5.84. The predicted octanol–water partition coefficient (Wildman–Crippen LogP) is 5.00. The zero-order valence-corrected chi connectivity index (χ0v) is 18.3. The van der Waals surface area contributed by atoms with Crippen LogP contribution in [0.25, 0.3) is 11.0 Å². The van der Waals surface area contributed by atoms with Gasteiger partial charge < -0.3 is 18.8 Å². The third-order valence-electron chi connectivity index (χ3n) is 5.09. The molecule has 0 radical (unpaired) electrons. The van der Waals surface area contributed by atoms with Crippen molar-refractivity contribution in [3.8, 4) is 5.75 Å². The molecular weight excluding hydrogens is 416 g/mol. The Labute approximate surface area is 184 Å². The maximum absolute atomic E-state index is 12.4. The summed E-state index contributed by atoms with van der Waals surface area (Å²) in [6.07, 6.45) is -1.01. The monoisotopic (exact) mass is 440 g/mol. The van der Waals surface area contributed by atoms with Crippen molar-refractivity contribution in [1.29, 1.82) is 0 Å². The second-order valence-corrected chi connectivity index (χ2v) is 7.55. The number of nitro benzene ring substituents is 1. The van der Waals surface area contributed by atoms with Gasteiger partial charge in [-0.2, -0.15) is 0 Å². The SMILES string of the molecule is CCN(CC)c1ccc2c(C(C)(C)OC(=O)Oc3ccc([N+](=O)[O-])cc3)cc(=O)oc2c1. The molecule has 0 spiro atoms. The van der Waals surface area contributed by atoms with E-state index in [0.29, 0.717) is 16.5 Å². The summed E-state index contributed by atoms with van der Waals surface area (Å²) in [7, 11) is 0. The Morgan fingerprint density at radius 1 is 1.09 bits per heavy atom. The third-order valence-corrected chi connectivity index (χ3v) is 5.09. The first-order valence-corrected chi connectivity index (χ1v) is 10.1. The van der Waals surface area contributed by atoms with Crippen LogP contribution in [0.1, 0.15) is 33.3 Å². The number of benzene rings is 2. The van der Waals surface area contributed by atoms with Crippen molar-refractivity contribution in [1.82, 2.24) is 0 Å². The number of anilines is 1. The fourth-order valence-corrected chi connectivity index (χ4v) is 3.45. The van der Waals surface area contributed by atoms with Gasteiger partial charge in [0, 0.05) is 54.0 Å². The molecule has 0 unspecified atom stereocenters. The van der Waals surface area contributed by atoms with E-state index in [1.165, 1.54) is 30.3 Å². The van der Waals surface area contributed by atoms with Crippen LogP contribution in [-0.4, -0.2) is 24.2 Å². The number of nitrogens with zero attached hydrogens (tertiary/aromatic N) is 2. The Bertz CT molecular complexity index is 1200. The molecule has 3 rings (SSSR count). The molecule has 1 heterocycles. The van der Waals surface area contributed by atoms with E-state index in [0.717, 1.165) is 18.8 Å². The van der Waals surface area contributed by atoms with E-state index in [9.17, 15) is 19.7 Å². The van der Waals surface area contributed by atoms with Crippen molar-refractivity contribution < 1.29 is 23.6 Å². The smallest absolute Gasteiger partial charge is 0.423 e. The van der Waals surface area contributed by atoms with E-state index in [4.69, 9.17) is 13.9 Å². The molecule has 0 N–H and O–H groups in total. The van der Waals surface area contributed by atoms with Gasteiger partial charge in [0.05, 0.1) is 4.92 Å². The molecule has 3 aromatic rings. The van der Waals surface area contributed by atoms with Gasteiger partial charge in [-0.05, 0) is 52.0 Å². The number of hydrogen-bond donors (Lipinski definition) is 0. The first-order valence-electron chi connectivity index (χ1n) is 10.1. The minimum Gasteiger partial charge on any atom is -0.423 e. The van der Waals surface area contributed by atoms with Gasteiger partial charge in [-0.1, -0.05) is 0 Å². The number of carbonyl (C=O) groups is 1. The van der Waals surface area contributed by atoms with Crippen LogP contribution in [0.4, 0.5) is 16.2 Å². The normalized spacial score (nSPS) is 11.2. The summed E-state index contributed by atoms with van der Waals surface area (Å²) in [5, 5.41) is 11.4. The molecule has 0 aliphatic rings. The van der Waals surface area contributed by atoms with E-state index >= 15 is 0 Å². The molecule has 9 heteroatoms. The van der Waals surface area contributed by atoms with Gasteiger partial charge in [-0.25, -0.2) is 9.59 Å².